The van der Waals surface area contributed by atoms with Crippen molar-refractivity contribution in [1.82, 2.24) is 0 Å². The smallest absolute Gasteiger partial charge is 0.232 e. The zero-order chi connectivity index (χ0) is 9.71. The number of fused-ring (bicyclic) bond motifs is 1. The molecular formula is C11H12N2O. The molecule has 14 heavy (non-hydrogen) atoms. The molecule has 1 aromatic rings. The fraction of sp³-hybridized carbons (Fsp3) is 0.364. The van der Waals surface area contributed by atoms with Gasteiger partial charge in [-0.05, 0) is 12.1 Å². The Balaban J connectivity index is 1.87. The summed E-state index contributed by atoms with van der Waals surface area (Å²) >= 11 is 0. The maximum atomic E-state index is 11.8. The van der Waals surface area contributed by atoms with Crippen LogP contribution in [0.2, 0.25) is 0 Å². The van der Waals surface area contributed by atoms with Gasteiger partial charge in [0.15, 0.2) is 0 Å². The molecule has 1 aliphatic heterocycles. The second-order valence-electron chi connectivity index (χ2n) is 4.05. The second kappa shape index (κ2) is 2.58. The minimum Gasteiger partial charge on any atom is -0.327 e. The van der Waals surface area contributed by atoms with Gasteiger partial charge in [0.25, 0.3) is 0 Å². The number of hydrogen-bond donors (Lipinski definition) is 1. The van der Waals surface area contributed by atoms with E-state index in [0.717, 1.165) is 12.2 Å². The summed E-state index contributed by atoms with van der Waals surface area (Å²) in [4.78, 5) is 13.6. The predicted octanol–water partition coefficient (Wildman–Crippen LogP) is 0.606. The third-order valence-corrected chi connectivity index (χ3v) is 3.24. The summed E-state index contributed by atoms with van der Waals surface area (Å²) in [6, 6.07) is 9.92. The van der Waals surface area contributed by atoms with E-state index in [4.69, 9.17) is 5.73 Å². The SMILES string of the molecule is NC1C2CN(c3ccccc3)C(=O)C12. The Bertz CT molecular complexity index is 376. The Morgan fingerprint density at radius 2 is 2.00 bits per heavy atom. The van der Waals surface area contributed by atoms with Gasteiger partial charge in [-0.2, -0.15) is 0 Å². The predicted molar refractivity (Wildman–Crippen MR) is 53.8 cm³/mol. The van der Waals surface area contributed by atoms with Crippen LogP contribution >= 0.6 is 0 Å². The van der Waals surface area contributed by atoms with Crippen LogP contribution in [0.15, 0.2) is 30.3 Å². The van der Waals surface area contributed by atoms with Crippen molar-refractivity contribution < 1.29 is 4.79 Å². The van der Waals surface area contributed by atoms with Crippen LogP contribution in [0.25, 0.3) is 0 Å². The Morgan fingerprint density at radius 1 is 1.29 bits per heavy atom. The molecule has 3 nitrogen and oxygen atoms in total. The Kier molecular flexibility index (Phi) is 1.47. The van der Waals surface area contributed by atoms with E-state index in [9.17, 15) is 4.79 Å². The van der Waals surface area contributed by atoms with E-state index >= 15 is 0 Å². The number of carbonyl (C=O) groups is 1. The largest absolute Gasteiger partial charge is 0.327 e. The molecule has 72 valence electrons. The number of anilines is 1. The van der Waals surface area contributed by atoms with Gasteiger partial charge in [0.2, 0.25) is 5.91 Å². The van der Waals surface area contributed by atoms with Crippen molar-refractivity contribution in [2.45, 2.75) is 6.04 Å². The average Bonchev–Trinajstić information content (AvgIpc) is 2.70. The van der Waals surface area contributed by atoms with Gasteiger partial charge in [0.05, 0.1) is 5.92 Å². The van der Waals surface area contributed by atoms with Gasteiger partial charge >= 0.3 is 0 Å². The highest BCUT2D eigenvalue weighted by atomic mass is 16.2. The first-order chi connectivity index (χ1) is 6.79. The van der Waals surface area contributed by atoms with Gasteiger partial charge in [-0.25, -0.2) is 0 Å². The van der Waals surface area contributed by atoms with Crippen LogP contribution in [0.5, 0.6) is 0 Å². The zero-order valence-electron chi connectivity index (χ0n) is 7.76. The molecule has 1 saturated carbocycles. The minimum atomic E-state index is 0.107. The molecule has 3 rings (SSSR count). The van der Waals surface area contributed by atoms with Crippen LogP contribution in [-0.2, 0) is 4.79 Å². The van der Waals surface area contributed by atoms with E-state index in [0.29, 0.717) is 5.92 Å². The van der Waals surface area contributed by atoms with Crippen LogP contribution in [-0.4, -0.2) is 18.5 Å². The lowest BCUT2D eigenvalue weighted by Gasteiger charge is -2.18. The zero-order valence-corrected chi connectivity index (χ0v) is 7.76. The molecule has 1 aliphatic carbocycles. The number of para-hydroxylation sites is 1. The fourth-order valence-corrected chi connectivity index (χ4v) is 2.30. The van der Waals surface area contributed by atoms with E-state index in [2.05, 4.69) is 0 Å². The van der Waals surface area contributed by atoms with Crippen molar-refractivity contribution in [2.75, 3.05) is 11.4 Å². The monoisotopic (exact) mass is 188 g/mol. The maximum Gasteiger partial charge on any atom is 0.232 e. The summed E-state index contributed by atoms with van der Waals surface area (Å²) in [5, 5.41) is 0. The van der Waals surface area contributed by atoms with E-state index in [1.165, 1.54) is 0 Å². The molecule has 3 atom stereocenters. The number of nitrogens with zero attached hydrogens (tertiary/aromatic N) is 1. The van der Waals surface area contributed by atoms with Crippen molar-refractivity contribution in [3.8, 4) is 0 Å². The number of benzene rings is 1. The molecule has 1 saturated heterocycles. The van der Waals surface area contributed by atoms with Gasteiger partial charge < -0.3 is 10.6 Å². The number of piperidine rings is 1. The van der Waals surface area contributed by atoms with Crippen LogP contribution in [0.1, 0.15) is 0 Å². The lowest BCUT2D eigenvalue weighted by Crippen LogP contribution is -2.32. The van der Waals surface area contributed by atoms with Crippen LogP contribution < -0.4 is 10.6 Å². The quantitative estimate of drug-likeness (QED) is 0.701. The standard InChI is InChI=1S/C11H12N2O/c12-10-8-6-13(11(14)9(8)10)7-4-2-1-3-5-7/h1-5,8-10H,6,12H2. The normalized spacial score (nSPS) is 34.5. The third-order valence-electron chi connectivity index (χ3n) is 3.24. The van der Waals surface area contributed by atoms with Gasteiger partial charge in [0.1, 0.15) is 0 Å². The minimum absolute atomic E-state index is 0.107. The van der Waals surface area contributed by atoms with Crippen molar-refractivity contribution in [3.63, 3.8) is 0 Å². The maximum absolute atomic E-state index is 11.8. The summed E-state index contributed by atoms with van der Waals surface area (Å²) in [5.74, 6) is 0.714. The first-order valence-electron chi connectivity index (χ1n) is 4.91. The van der Waals surface area contributed by atoms with Gasteiger partial charge in [0, 0.05) is 24.2 Å². The molecule has 2 fully saturated rings. The van der Waals surface area contributed by atoms with E-state index in [-0.39, 0.29) is 17.9 Å². The third kappa shape index (κ3) is 0.930. The molecule has 0 aromatic heterocycles. The summed E-state index contributed by atoms with van der Waals surface area (Å²) in [6.45, 7) is 0.800. The molecule has 1 aromatic carbocycles. The number of rotatable bonds is 1. The summed E-state index contributed by atoms with van der Waals surface area (Å²) in [7, 11) is 0. The molecule has 2 aliphatic rings. The summed E-state index contributed by atoms with van der Waals surface area (Å²) in [6.07, 6.45) is 0. The Morgan fingerprint density at radius 3 is 2.57 bits per heavy atom. The first kappa shape index (κ1) is 8.00. The van der Waals surface area contributed by atoms with Crippen LogP contribution in [0, 0.1) is 11.8 Å². The second-order valence-corrected chi connectivity index (χ2v) is 4.05. The summed E-state index contributed by atoms with van der Waals surface area (Å²) < 4.78 is 0. The topological polar surface area (TPSA) is 46.3 Å². The highest BCUT2D eigenvalue weighted by molar-refractivity contribution is 6.00. The van der Waals surface area contributed by atoms with Gasteiger partial charge in [-0.15, -0.1) is 0 Å². The first-order valence-corrected chi connectivity index (χ1v) is 4.91. The van der Waals surface area contributed by atoms with Crippen molar-refractivity contribution in [2.24, 2.45) is 17.6 Å². The molecule has 3 heteroatoms. The van der Waals surface area contributed by atoms with E-state index in [1.54, 1.807) is 0 Å². The fourth-order valence-electron chi connectivity index (χ4n) is 2.30. The molecule has 3 unspecified atom stereocenters. The lowest BCUT2D eigenvalue weighted by atomic mass is 10.2. The van der Waals surface area contributed by atoms with Crippen molar-refractivity contribution >= 4 is 11.6 Å². The molecule has 0 radical (unpaired) electrons. The summed E-state index contributed by atoms with van der Waals surface area (Å²) in [5.41, 5.74) is 6.75. The van der Waals surface area contributed by atoms with Gasteiger partial charge in [-0.1, -0.05) is 18.2 Å². The molecule has 1 heterocycles. The Labute approximate surface area is 82.5 Å². The highest BCUT2D eigenvalue weighted by Gasteiger charge is 2.59. The number of amides is 1. The van der Waals surface area contributed by atoms with Crippen molar-refractivity contribution in [3.05, 3.63) is 30.3 Å². The molecule has 1 amide bonds. The average molecular weight is 188 g/mol. The van der Waals surface area contributed by atoms with E-state index in [1.807, 2.05) is 35.2 Å². The molecule has 0 spiro atoms. The van der Waals surface area contributed by atoms with Crippen LogP contribution in [0.3, 0.4) is 0 Å². The van der Waals surface area contributed by atoms with E-state index < -0.39 is 0 Å². The number of carbonyl (C=O) groups excluding carboxylic acids is 1. The Hall–Kier alpha value is -1.35. The van der Waals surface area contributed by atoms with Crippen molar-refractivity contribution in [1.29, 1.82) is 0 Å². The van der Waals surface area contributed by atoms with Gasteiger partial charge in [-0.3, -0.25) is 4.79 Å². The highest BCUT2D eigenvalue weighted by Crippen LogP contribution is 2.46. The molecule has 2 N–H and O–H groups in total. The van der Waals surface area contributed by atoms with Crippen LogP contribution in [0.4, 0.5) is 5.69 Å². The number of nitrogens with two attached hydrogens (primary N) is 1. The number of hydrogen-bond acceptors (Lipinski definition) is 2. The lowest BCUT2D eigenvalue weighted by molar-refractivity contribution is -0.118. The molecule has 0 bridgehead atoms. The molecular weight excluding hydrogens is 176 g/mol.